The van der Waals surface area contributed by atoms with Gasteiger partial charge < -0.3 is 14.5 Å². The first-order chi connectivity index (χ1) is 9.90. The van der Waals surface area contributed by atoms with Gasteiger partial charge in [0, 0.05) is 43.7 Å². The van der Waals surface area contributed by atoms with E-state index in [4.69, 9.17) is 0 Å². The summed E-state index contributed by atoms with van der Waals surface area (Å²) in [4.78, 5) is 32.4. The standard InChI is InChI=1S/C15H18N4O2/c1-15(2)9-19(12(15)13-16-6-7-18(13)3)14(21)10-4-5-11(20)17-8-10/h4-8,12H,9H2,1-3H3,(H,17,20). The third-order valence-electron chi connectivity index (χ3n) is 4.02. The maximum atomic E-state index is 12.6. The fraction of sp³-hybridized carbons (Fsp3) is 0.400. The number of likely N-dealkylation sites (tertiary alicyclic amines) is 1. The van der Waals surface area contributed by atoms with E-state index < -0.39 is 0 Å². The zero-order chi connectivity index (χ0) is 15.2. The summed E-state index contributed by atoms with van der Waals surface area (Å²) in [5, 5.41) is 0. The van der Waals surface area contributed by atoms with Crippen LogP contribution in [0, 0.1) is 5.41 Å². The van der Waals surface area contributed by atoms with Crippen LogP contribution >= 0.6 is 0 Å². The van der Waals surface area contributed by atoms with Crippen molar-refractivity contribution in [1.82, 2.24) is 19.4 Å². The van der Waals surface area contributed by atoms with Gasteiger partial charge in [0.2, 0.25) is 5.56 Å². The molecule has 1 fully saturated rings. The molecule has 1 saturated heterocycles. The van der Waals surface area contributed by atoms with Crippen molar-refractivity contribution in [3.63, 3.8) is 0 Å². The number of nitrogens with one attached hydrogen (secondary N) is 1. The Bertz CT molecular complexity index is 724. The van der Waals surface area contributed by atoms with Crippen LogP contribution in [-0.2, 0) is 7.05 Å². The maximum absolute atomic E-state index is 12.6. The average Bonchev–Trinajstić information content (AvgIpc) is 2.82. The summed E-state index contributed by atoms with van der Waals surface area (Å²) < 4.78 is 1.94. The zero-order valence-corrected chi connectivity index (χ0v) is 12.3. The molecular formula is C15H18N4O2. The highest BCUT2D eigenvalue weighted by Gasteiger charge is 2.50. The monoisotopic (exact) mass is 286 g/mol. The summed E-state index contributed by atoms with van der Waals surface area (Å²) in [5.41, 5.74) is 0.261. The molecule has 0 bridgehead atoms. The quantitative estimate of drug-likeness (QED) is 0.905. The second kappa shape index (κ2) is 4.58. The van der Waals surface area contributed by atoms with Crippen molar-refractivity contribution in [3.8, 4) is 0 Å². The number of H-pyrrole nitrogens is 1. The van der Waals surface area contributed by atoms with Gasteiger partial charge in [-0.05, 0) is 6.07 Å². The van der Waals surface area contributed by atoms with Crippen molar-refractivity contribution >= 4 is 5.91 Å². The predicted octanol–water partition coefficient (Wildman–Crippen LogP) is 1.33. The normalized spacial score (nSPS) is 20.1. The van der Waals surface area contributed by atoms with Crippen molar-refractivity contribution in [2.24, 2.45) is 12.5 Å². The molecule has 1 unspecified atom stereocenters. The molecule has 3 heterocycles. The molecule has 0 aliphatic carbocycles. The molecule has 21 heavy (non-hydrogen) atoms. The van der Waals surface area contributed by atoms with Gasteiger partial charge in [-0.3, -0.25) is 9.59 Å². The molecule has 1 N–H and O–H groups in total. The third kappa shape index (κ3) is 2.16. The molecule has 0 aromatic carbocycles. The first-order valence-corrected chi connectivity index (χ1v) is 6.87. The number of aromatic nitrogens is 3. The third-order valence-corrected chi connectivity index (χ3v) is 4.02. The van der Waals surface area contributed by atoms with Crippen LogP contribution in [-0.4, -0.2) is 31.9 Å². The topological polar surface area (TPSA) is 71.0 Å². The van der Waals surface area contributed by atoms with Crippen molar-refractivity contribution in [2.45, 2.75) is 19.9 Å². The van der Waals surface area contributed by atoms with Crippen LogP contribution < -0.4 is 5.56 Å². The lowest BCUT2D eigenvalue weighted by atomic mass is 9.74. The Morgan fingerprint density at radius 2 is 2.19 bits per heavy atom. The molecule has 6 heteroatoms. The summed E-state index contributed by atoms with van der Waals surface area (Å²) in [6.07, 6.45) is 5.09. The largest absolute Gasteiger partial charge is 0.336 e. The summed E-state index contributed by atoms with van der Waals surface area (Å²) in [6.45, 7) is 4.93. The lowest BCUT2D eigenvalue weighted by Crippen LogP contribution is -2.58. The molecule has 110 valence electrons. The molecule has 1 amide bonds. The van der Waals surface area contributed by atoms with Crippen LogP contribution in [0.3, 0.4) is 0 Å². The van der Waals surface area contributed by atoms with Gasteiger partial charge in [0.1, 0.15) is 5.82 Å². The SMILES string of the molecule is Cn1ccnc1C1N(C(=O)c2ccc(=O)[nH]c2)CC1(C)C. The van der Waals surface area contributed by atoms with Crippen LogP contribution in [0.1, 0.15) is 36.1 Å². The minimum Gasteiger partial charge on any atom is -0.336 e. The highest BCUT2D eigenvalue weighted by atomic mass is 16.2. The smallest absolute Gasteiger partial charge is 0.255 e. The van der Waals surface area contributed by atoms with Crippen LogP contribution in [0.25, 0.3) is 0 Å². The number of amides is 1. The number of pyridine rings is 1. The van der Waals surface area contributed by atoms with Gasteiger partial charge in [0.15, 0.2) is 0 Å². The van der Waals surface area contributed by atoms with Crippen LogP contribution in [0.2, 0.25) is 0 Å². The van der Waals surface area contributed by atoms with Crippen molar-refractivity contribution in [2.75, 3.05) is 6.54 Å². The Morgan fingerprint density at radius 3 is 2.71 bits per heavy atom. The highest BCUT2D eigenvalue weighted by molar-refractivity contribution is 5.94. The second-order valence-electron chi connectivity index (χ2n) is 6.16. The van der Waals surface area contributed by atoms with E-state index in [1.807, 2.05) is 17.8 Å². The first-order valence-electron chi connectivity index (χ1n) is 6.87. The van der Waals surface area contributed by atoms with E-state index in [1.165, 1.54) is 12.3 Å². The van der Waals surface area contributed by atoms with E-state index in [9.17, 15) is 9.59 Å². The minimum absolute atomic E-state index is 0.0169. The van der Waals surface area contributed by atoms with Gasteiger partial charge in [-0.2, -0.15) is 0 Å². The molecule has 0 radical (unpaired) electrons. The molecule has 2 aromatic heterocycles. The number of nitrogens with zero attached hydrogens (tertiary/aromatic N) is 3. The summed E-state index contributed by atoms with van der Waals surface area (Å²) in [6, 6.07) is 2.87. The summed E-state index contributed by atoms with van der Waals surface area (Å²) in [7, 11) is 1.93. The van der Waals surface area contributed by atoms with Crippen LogP contribution in [0.4, 0.5) is 0 Å². The van der Waals surface area contributed by atoms with Gasteiger partial charge >= 0.3 is 0 Å². The van der Waals surface area contributed by atoms with Crippen molar-refractivity contribution in [1.29, 1.82) is 0 Å². The van der Waals surface area contributed by atoms with Gasteiger partial charge in [0.05, 0.1) is 11.6 Å². The number of hydrogen-bond donors (Lipinski definition) is 1. The van der Waals surface area contributed by atoms with E-state index in [0.717, 1.165) is 5.82 Å². The van der Waals surface area contributed by atoms with E-state index in [1.54, 1.807) is 17.2 Å². The minimum atomic E-state index is -0.212. The average molecular weight is 286 g/mol. The Labute approximate surface area is 122 Å². The van der Waals surface area contributed by atoms with E-state index in [-0.39, 0.29) is 22.9 Å². The predicted molar refractivity (Wildman–Crippen MR) is 77.8 cm³/mol. The first kappa shape index (κ1) is 13.6. The number of carbonyl (C=O) groups excluding carboxylic acids is 1. The number of hydrogen-bond acceptors (Lipinski definition) is 3. The summed E-state index contributed by atoms with van der Waals surface area (Å²) in [5.74, 6) is 0.794. The number of rotatable bonds is 2. The fourth-order valence-corrected chi connectivity index (χ4v) is 2.95. The number of aromatic amines is 1. The molecule has 1 atom stereocenters. The van der Waals surface area contributed by atoms with Gasteiger partial charge in [-0.1, -0.05) is 13.8 Å². The maximum Gasteiger partial charge on any atom is 0.255 e. The number of imidazole rings is 1. The number of carbonyl (C=O) groups is 1. The Balaban J connectivity index is 1.92. The zero-order valence-electron chi connectivity index (χ0n) is 12.3. The van der Waals surface area contributed by atoms with Gasteiger partial charge in [-0.15, -0.1) is 0 Å². The molecule has 2 aromatic rings. The van der Waals surface area contributed by atoms with Gasteiger partial charge in [0.25, 0.3) is 5.91 Å². The van der Waals surface area contributed by atoms with E-state index in [0.29, 0.717) is 12.1 Å². The molecule has 0 saturated carbocycles. The van der Waals surface area contributed by atoms with Crippen molar-refractivity contribution < 1.29 is 4.79 Å². The Morgan fingerprint density at radius 1 is 1.43 bits per heavy atom. The molecular weight excluding hydrogens is 268 g/mol. The molecule has 1 aliphatic rings. The molecule has 0 spiro atoms. The molecule has 3 rings (SSSR count). The van der Waals surface area contributed by atoms with Crippen LogP contribution in [0.5, 0.6) is 0 Å². The lowest BCUT2D eigenvalue weighted by Gasteiger charge is -2.53. The molecule has 1 aliphatic heterocycles. The van der Waals surface area contributed by atoms with E-state index in [2.05, 4.69) is 23.8 Å². The van der Waals surface area contributed by atoms with Gasteiger partial charge in [-0.25, -0.2) is 4.98 Å². The van der Waals surface area contributed by atoms with Crippen molar-refractivity contribution in [3.05, 3.63) is 52.5 Å². The fourth-order valence-electron chi connectivity index (χ4n) is 2.95. The Hall–Kier alpha value is -2.37. The second-order valence-corrected chi connectivity index (χ2v) is 6.16. The lowest BCUT2D eigenvalue weighted by molar-refractivity contribution is -0.0375. The Kier molecular flexibility index (Phi) is 2.97. The summed E-state index contributed by atoms with van der Waals surface area (Å²) >= 11 is 0. The van der Waals surface area contributed by atoms with Crippen LogP contribution in [0.15, 0.2) is 35.5 Å². The number of aryl methyl sites for hydroxylation is 1. The van der Waals surface area contributed by atoms with E-state index >= 15 is 0 Å². The highest BCUT2D eigenvalue weighted by Crippen LogP contribution is 2.48. The molecule has 6 nitrogen and oxygen atoms in total.